The Labute approximate surface area is 161 Å². The fourth-order valence-electron chi connectivity index (χ4n) is 4.19. The molecule has 0 saturated heterocycles. The molecule has 3 aromatic rings. The number of hydrogen-bond acceptors (Lipinski definition) is 2. The van der Waals surface area contributed by atoms with E-state index in [2.05, 4.69) is 10.3 Å². The van der Waals surface area contributed by atoms with E-state index < -0.39 is 23.3 Å². The Balaban J connectivity index is 2.04. The number of aryl methyl sites for hydroxylation is 1. The molecule has 2 atom stereocenters. The minimum Gasteiger partial charge on any atom is -0.390 e. The molecule has 0 amide bonds. The van der Waals surface area contributed by atoms with Gasteiger partial charge in [0.05, 0.1) is 22.2 Å². The number of benzene rings is 2. The van der Waals surface area contributed by atoms with E-state index in [-0.39, 0.29) is 11.5 Å². The summed E-state index contributed by atoms with van der Waals surface area (Å²) in [4.78, 5) is 2.92. The zero-order chi connectivity index (χ0) is 19.7. The fourth-order valence-corrected chi connectivity index (χ4v) is 4.61. The summed E-state index contributed by atoms with van der Waals surface area (Å²) >= 11 is 6.74. The maximum atomic E-state index is 14.8. The molecule has 0 saturated carbocycles. The highest BCUT2D eigenvalue weighted by atomic mass is 35.5. The van der Waals surface area contributed by atoms with Crippen molar-refractivity contribution in [1.29, 1.82) is 0 Å². The Morgan fingerprint density at radius 1 is 1.19 bits per heavy atom. The van der Waals surface area contributed by atoms with Crippen LogP contribution >= 0.6 is 11.6 Å². The summed E-state index contributed by atoms with van der Waals surface area (Å²) < 4.78 is 28.9. The molecule has 2 heterocycles. The van der Waals surface area contributed by atoms with Gasteiger partial charge in [-0.05, 0) is 38.5 Å². The number of H-pyrrole nitrogens is 1. The average molecular weight is 391 g/mol. The number of aromatic amines is 1. The van der Waals surface area contributed by atoms with E-state index in [4.69, 9.17) is 11.6 Å². The summed E-state index contributed by atoms with van der Waals surface area (Å²) in [6, 6.07) is 4.27. The molecule has 142 valence electrons. The number of rotatable bonds is 1. The lowest BCUT2D eigenvalue weighted by atomic mass is 9.77. The van der Waals surface area contributed by atoms with E-state index in [0.29, 0.717) is 21.5 Å². The number of aliphatic hydroxyl groups is 1. The van der Waals surface area contributed by atoms with E-state index in [1.807, 2.05) is 33.8 Å². The lowest BCUT2D eigenvalue weighted by Gasteiger charge is -2.43. The molecule has 0 spiro atoms. The van der Waals surface area contributed by atoms with Crippen LogP contribution in [0, 0.1) is 18.6 Å². The third kappa shape index (κ3) is 2.56. The molecule has 1 aliphatic heterocycles. The number of nitrogens with one attached hydrogen (secondary N) is 2. The van der Waals surface area contributed by atoms with Crippen molar-refractivity contribution in [1.82, 2.24) is 4.98 Å². The summed E-state index contributed by atoms with van der Waals surface area (Å²) in [5.41, 5.74) is 3.07. The number of anilines is 1. The Bertz CT molecular complexity index is 1070. The van der Waals surface area contributed by atoms with E-state index >= 15 is 0 Å². The maximum Gasteiger partial charge on any atom is 0.136 e. The molecule has 6 heteroatoms. The molecule has 1 aliphatic rings. The van der Waals surface area contributed by atoms with Crippen LogP contribution in [0.1, 0.15) is 37.8 Å². The van der Waals surface area contributed by atoms with Crippen LogP contribution < -0.4 is 5.32 Å². The molecule has 0 fully saturated rings. The van der Waals surface area contributed by atoms with Crippen LogP contribution in [0.2, 0.25) is 5.02 Å². The van der Waals surface area contributed by atoms with Crippen LogP contribution in [-0.4, -0.2) is 21.7 Å². The van der Waals surface area contributed by atoms with Gasteiger partial charge in [0.15, 0.2) is 0 Å². The van der Waals surface area contributed by atoms with Gasteiger partial charge in [-0.25, -0.2) is 8.78 Å². The molecule has 0 bridgehead atoms. The Morgan fingerprint density at radius 3 is 2.59 bits per heavy atom. The molecule has 0 radical (unpaired) electrons. The standard InChI is InChI=1S/C21H21ClF2N2O/c1-9-7-12(16-14(24)8-13(23)11-5-6-25-19(11)16)17(22)15-10(2)20(27)21(3,4)26-18(9)15/h5-8,10,20,25-27H,1-4H3. The summed E-state index contributed by atoms with van der Waals surface area (Å²) in [7, 11) is 0. The first-order valence-electron chi connectivity index (χ1n) is 8.88. The zero-order valence-corrected chi connectivity index (χ0v) is 16.3. The van der Waals surface area contributed by atoms with Crippen molar-refractivity contribution in [2.45, 2.75) is 45.3 Å². The second kappa shape index (κ2) is 5.94. The average Bonchev–Trinajstić information content (AvgIpc) is 3.06. The van der Waals surface area contributed by atoms with Gasteiger partial charge < -0.3 is 15.4 Å². The van der Waals surface area contributed by atoms with Crippen molar-refractivity contribution in [3.05, 3.63) is 52.2 Å². The van der Waals surface area contributed by atoms with Crippen LogP contribution in [0.5, 0.6) is 0 Å². The van der Waals surface area contributed by atoms with E-state index in [9.17, 15) is 13.9 Å². The second-order valence-electron chi connectivity index (χ2n) is 7.91. The predicted molar refractivity (Wildman–Crippen MR) is 106 cm³/mol. The smallest absolute Gasteiger partial charge is 0.136 e. The van der Waals surface area contributed by atoms with E-state index in [1.165, 1.54) is 0 Å². The quantitative estimate of drug-likeness (QED) is 0.496. The predicted octanol–water partition coefficient (Wildman–Crippen LogP) is 5.74. The van der Waals surface area contributed by atoms with Gasteiger partial charge in [0.1, 0.15) is 11.6 Å². The molecule has 0 aliphatic carbocycles. The van der Waals surface area contributed by atoms with Gasteiger partial charge in [-0.15, -0.1) is 0 Å². The van der Waals surface area contributed by atoms with Crippen LogP contribution in [0.15, 0.2) is 24.4 Å². The van der Waals surface area contributed by atoms with Gasteiger partial charge in [0, 0.05) is 45.9 Å². The highest BCUT2D eigenvalue weighted by Gasteiger charge is 2.41. The van der Waals surface area contributed by atoms with Crippen molar-refractivity contribution in [3.8, 4) is 11.1 Å². The van der Waals surface area contributed by atoms with Crippen molar-refractivity contribution >= 4 is 28.2 Å². The highest BCUT2D eigenvalue weighted by Crippen LogP contribution is 2.48. The molecule has 2 aromatic carbocycles. The van der Waals surface area contributed by atoms with Gasteiger partial charge in [-0.1, -0.05) is 18.5 Å². The molecule has 2 unspecified atom stereocenters. The normalized spacial score (nSPS) is 21.2. The molecule has 1 aromatic heterocycles. The molecular weight excluding hydrogens is 370 g/mol. The third-order valence-electron chi connectivity index (χ3n) is 5.63. The van der Waals surface area contributed by atoms with Crippen LogP contribution in [0.25, 0.3) is 22.0 Å². The number of aliphatic hydroxyl groups excluding tert-OH is 1. The molecule has 4 rings (SSSR count). The number of halogens is 3. The summed E-state index contributed by atoms with van der Waals surface area (Å²) in [5, 5.41) is 14.7. The largest absolute Gasteiger partial charge is 0.390 e. The van der Waals surface area contributed by atoms with E-state index in [1.54, 1.807) is 12.3 Å². The van der Waals surface area contributed by atoms with Crippen molar-refractivity contribution in [2.24, 2.45) is 0 Å². The van der Waals surface area contributed by atoms with Gasteiger partial charge >= 0.3 is 0 Å². The Morgan fingerprint density at radius 2 is 1.89 bits per heavy atom. The molecule has 3 nitrogen and oxygen atoms in total. The first-order valence-corrected chi connectivity index (χ1v) is 9.26. The van der Waals surface area contributed by atoms with Gasteiger partial charge in [-0.2, -0.15) is 0 Å². The first kappa shape index (κ1) is 18.3. The first-order chi connectivity index (χ1) is 12.6. The van der Waals surface area contributed by atoms with Crippen LogP contribution in [0.3, 0.4) is 0 Å². The zero-order valence-electron chi connectivity index (χ0n) is 15.5. The summed E-state index contributed by atoms with van der Waals surface area (Å²) in [5.74, 6) is -1.54. The van der Waals surface area contributed by atoms with Crippen molar-refractivity contribution in [2.75, 3.05) is 5.32 Å². The van der Waals surface area contributed by atoms with E-state index in [0.717, 1.165) is 22.9 Å². The van der Waals surface area contributed by atoms with Gasteiger partial charge in [0.2, 0.25) is 0 Å². The highest BCUT2D eigenvalue weighted by molar-refractivity contribution is 6.35. The second-order valence-corrected chi connectivity index (χ2v) is 8.28. The minimum absolute atomic E-state index is 0.235. The van der Waals surface area contributed by atoms with Crippen LogP contribution in [0.4, 0.5) is 14.5 Å². The van der Waals surface area contributed by atoms with Crippen LogP contribution in [-0.2, 0) is 0 Å². The Hall–Kier alpha value is -2.11. The summed E-state index contributed by atoms with van der Waals surface area (Å²) in [6.45, 7) is 7.69. The third-order valence-corrected chi connectivity index (χ3v) is 6.04. The fraction of sp³-hybridized carbons (Fsp3) is 0.333. The number of fused-ring (bicyclic) bond motifs is 2. The van der Waals surface area contributed by atoms with Gasteiger partial charge in [0.25, 0.3) is 0 Å². The number of hydrogen-bond donors (Lipinski definition) is 3. The lowest BCUT2D eigenvalue weighted by molar-refractivity contribution is 0.0869. The number of aromatic nitrogens is 1. The molecular formula is C21H21ClF2N2O. The summed E-state index contributed by atoms with van der Waals surface area (Å²) in [6.07, 6.45) is 0.910. The molecule has 3 N–H and O–H groups in total. The lowest BCUT2D eigenvalue weighted by Crippen LogP contribution is -2.50. The monoisotopic (exact) mass is 390 g/mol. The Kier molecular flexibility index (Phi) is 4.02. The molecule has 27 heavy (non-hydrogen) atoms. The van der Waals surface area contributed by atoms with Gasteiger partial charge in [-0.3, -0.25) is 0 Å². The maximum absolute atomic E-state index is 14.8. The van der Waals surface area contributed by atoms with Crippen molar-refractivity contribution in [3.63, 3.8) is 0 Å². The topological polar surface area (TPSA) is 48.0 Å². The minimum atomic E-state index is -0.680. The SMILES string of the molecule is Cc1cc(-c2c(F)cc(F)c3cc[nH]c23)c(Cl)c2c1NC(C)(C)C(O)C2C. The van der Waals surface area contributed by atoms with Crippen molar-refractivity contribution < 1.29 is 13.9 Å².